The van der Waals surface area contributed by atoms with Gasteiger partial charge in [0.1, 0.15) is 0 Å². The van der Waals surface area contributed by atoms with Crippen LogP contribution in [0.3, 0.4) is 0 Å². The molecule has 25 heavy (non-hydrogen) atoms. The van der Waals surface area contributed by atoms with Crippen molar-refractivity contribution in [2.75, 3.05) is 19.8 Å². The van der Waals surface area contributed by atoms with Gasteiger partial charge in [0.15, 0.2) is 5.82 Å². The fourth-order valence-corrected chi connectivity index (χ4v) is 3.53. The first kappa shape index (κ1) is 16.8. The zero-order valence-corrected chi connectivity index (χ0v) is 15.1. The Balaban J connectivity index is 1.35. The van der Waals surface area contributed by atoms with Gasteiger partial charge in [-0.1, -0.05) is 11.6 Å². The van der Waals surface area contributed by atoms with E-state index in [9.17, 15) is 0 Å². The highest BCUT2D eigenvalue weighted by Crippen LogP contribution is 2.31. The van der Waals surface area contributed by atoms with Crippen LogP contribution in [-0.4, -0.2) is 39.4 Å². The molecule has 0 amide bonds. The summed E-state index contributed by atoms with van der Waals surface area (Å²) in [6.07, 6.45) is 9.02. The SMILES string of the molecule is Cn1cccc1CN1CCCCC1c1nc(CCOCC2CC2)no1. The lowest BCUT2D eigenvalue weighted by atomic mass is 10.0. The van der Waals surface area contributed by atoms with E-state index in [2.05, 4.69) is 45.0 Å². The zero-order valence-electron chi connectivity index (χ0n) is 15.1. The molecule has 2 fully saturated rings. The van der Waals surface area contributed by atoms with E-state index in [0.29, 0.717) is 6.61 Å². The van der Waals surface area contributed by atoms with Crippen LogP contribution < -0.4 is 0 Å². The Hall–Kier alpha value is -1.66. The van der Waals surface area contributed by atoms with Crippen LogP contribution in [-0.2, 0) is 24.8 Å². The molecule has 1 saturated heterocycles. The maximum Gasteiger partial charge on any atom is 0.244 e. The van der Waals surface area contributed by atoms with Crippen LogP contribution in [0.2, 0.25) is 0 Å². The molecule has 1 aliphatic heterocycles. The monoisotopic (exact) mass is 344 g/mol. The van der Waals surface area contributed by atoms with Crippen LogP contribution >= 0.6 is 0 Å². The predicted molar refractivity (Wildman–Crippen MR) is 94.0 cm³/mol. The van der Waals surface area contributed by atoms with Gasteiger partial charge in [-0.15, -0.1) is 0 Å². The van der Waals surface area contributed by atoms with E-state index in [1.54, 1.807) is 0 Å². The Kier molecular flexibility index (Phi) is 5.17. The van der Waals surface area contributed by atoms with Gasteiger partial charge in [-0.3, -0.25) is 4.90 Å². The second kappa shape index (κ2) is 7.70. The molecule has 0 radical (unpaired) electrons. The molecule has 3 heterocycles. The number of likely N-dealkylation sites (tertiary alicyclic amines) is 1. The van der Waals surface area contributed by atoms with Crippen LogP contribution in [0.4, 0.5) is 0 Å². The maximum absolute atomic E-state index is 5.69. The first-order valence-corrected chi connectivity index (χ1v) is 9.54. The van der Waals surface area contributed by atoms with Gasteiger partial charge >= 0.3 is 0 Å². The van der Waals surface area contributed by atoms with Crippen molar-refractivity contribution in [1.29, 1.82) is 0 Å². The van der Waals surface area contributed by atoms with E-state index in [-0.39, 0.29) is 6.04 Å². The molecule has 2 aromatic rings. The fourth-order valence-electron chi connectivity index (χ4n) is 3.53. The Bertz CT molecular complexity index is 677. The van der Waals surface area contributed by atoms with Gasteiger partial charge in [-0.2, -0.15) is 4.98 Å². The van der Waals surface area contributed by atoms with Gasteiger partial charge in [0, 0.05) is 38.5 Å². The van der Waals surface area contributed by atoms with Crippen molar-refractivity contribution in [3.63, 3.8) is 0 Å². The summed E-state index contributed by atoms with van der Waals surface area (Å²) in [6, 6.07) is 4.51. The van der Waals surface area contributed by atoms with Crippen molar-refractivity contribution in [3.8, 4) is 0 Å². The Morgan fingerprint density at radius 3 is 3.00 bits per heavy atom. The highest BCUT2D eigenvalue weighted by Gasteiger charge is 2.29. The number of nitrogens with zero attached hydrogens (tertiary/aromatic N) is 4. The molecular weight excluding hydrogens is 316 g/mol. The Morgan fingerprint density at radius 2 is 2.20 bits per heavy atom. The number of rotatable bonds is 8. The quantitative estimate of drug-likeness (QED) is 0.689. The number of aromatic nitrogens is 3. The van der Waals surface area contributed by atoms with Crippen LogP contribution in [0.5, 0.6) is 0 Å². The average molecular weight is 344 g/mol. The molecule has 0 bridgehead atoms. The van der Waals surface area contributed by atoms with Crippen molar-refractivity contribution >= 4 is 0 Å². The van der Waals surface area contributed by atoms with E-state index in [1.165, 1.54) is 31.4 Å². The summed E-state index contributed by atoms with van der Waals surface area (Å²) in [4.78, 5) is 7.13. The minimum absolute atomic E-state index is 0.234. The lowest BCUT2D eigenvalue weighted by molar-refractivity contribution is 0.109. The molecule has 1 saturated carbocycles. The fraction of sp³-hybridized carbons (Fsp3) is 0.684. The van der Waals surface area contributed by atoms with Crippen molar-refractivity contribution < 1.29 is 9.26 Å². The van der Waals surface area contributed by atoms with Crippen molar-refractivity contribution in [3.05, 3.63) is 35.7 Å². The third-order valence-corrected chi connectivity index (χ3v) is 5.32. The lowest BCUT2D eigenvalue weighted by Crippen LogP contribution is -2.33. The molecule has 6 nitrogen and oxygen atoms in total. The molecule has 0 N–H and O–H groups in total. The minimum atomic E-state index is 0.234. The van der Waals surface area contributed by atoms with Crippen molar-refractivity contribution in [1.82, 2.24) is 19.6 Å². The molecule has 6 heteroatoms. The standard InChI is InChI=1S/C19H28N4O2/c1-22-10-4-5-16(22)13-23-11-3-2-6-17(23)19-20-18(21-25-19)9-12-24-14-15-7-8-15/h4-5,10,15,17H,2-3,6-9,11-14H2,1H3. The number of ether oxygens (including phenoxy) is 1. The Labute approximate surface area is 149 Å². The lowest BCUT2D eigenvalue weighted by Gasteiger charge is -2.33. The normalized spacial score (nSPS) is 21.7. The number of piperidine rings is 1. The number of aryl methyl sites for hydroxylation is 1. The molecule has 0 spiro atoms. The topological polar surface area (TPSA) is 56.3 Å². The van der Waals surface area contributed by atoms with Crippen LogP contribution in [0.25, 0.3) is 0 Å². The molecule has 1 aliphatic carbocycles. The van der Waals surface area contributed by atoms with Gasteiger partial charge in [0.2, 0.25) is 5.89 Å². The Morgan fingerprint density at radius 1 is 1.28 bits per heavy atom. The average Bonchev–Trinajstić information content (AvgIpc) is 3.19. The summed E-state index contributed by atoms with van der Waals surface area (Å²) in [7, 11) is 2.10. The van der Waals surface area contributed by atoms with Gasteiger partial charge in [-0.05, 0) is 50.3 Å². The van der Waals surface area contributed by atoms with E-state index in [1.807, 2.05) is 0 Å². The van der Waals surface area contributed by atoms with Crippen molar-refractivity contribution in [2.45, 2.75) is 51.1 Å². The molecule has 2 aliphatic rings. The summed E-state index contributed by atoms with van der Waals surface area (Å²) in [5.41, 5.74) is 1.32. The summed E-state index contributed by atoms with van der Waals surface area (Å²) in [6.45, 7) is 3.58. The van der Waals surface area contributed by atoms with E-state index in [0.717, 1.165) is 50.2 Å². The highest BCUT2D eigenvalue weighted by molar-refractivity contribution is 5.07. The predicted octanol–water partition coefficient (Wildman–Crippen LogP) is 3.10. The van der Waals surface area contributed by atoms with Crippen molar-refractivity contribution in [2.24, 2.45) is 13.0 Å². The molecule has 136 valence electrons. The third kappa shape index (κ3) is 4.30. The minimum Gasteiger partial charge on any atom is -0.381 e. The molecule has 1 unspecified atom stereocenters. The van der Waals surface area contributed by atoms with Crippen LogP contribution in [0, 0.1) is 5.92 Å². The molecule has 0 aromatic carbocycles. The zero-order chi connectivity index (χ0) is 17.1. The van der Waals surface area contributed by atoms with E-state index in [4.69, 9.17) is 9.26 Å². The van der Waals surface area contributed by atoms with Gasteiger partial charge in [0.05, 0.1) is 12.6 Å². The second-order valence-corrected chi connectivity index (χ2v) is 7.41. The summed E-state index contributed by atoms with van der Waals surface area (Å²) in [5.74, 6) is 2.34. The van der Waals surface area contributed by atoms with Gasteiger partial charge in [0.25, 0.3) is 0 Å². The van der Waals surface area contributed by atoms with Gasteiger partial charge < -0.3 is 13.8 Å². The summed E-state index contributed by atoms with van der Waals surface area (Å²) < 4.78 is 13.5. The van der Waals surface area contributed by atoms with Crippen LogP contribution in [0.15, 0.2) is 22.9 Å². The third-order valence-electron chi connectivity index (χ3n) is 5.32. The molecular formula is C19H28N4O2. The highest BCUT2D eigenvalue weighted by atomic mass is 16.5. The number of hydrogen-bond acceptors (Lipinski definition) is 5. The number of hydrogen-bond donors (Lipinski definition) is 0. The summed E-state index contributed by atoms with van der Waals surface area (Å²) >= 11 is 0. The maximum atomic E-state index is 5.69. The largest absolute Gasteiger partial charge is 0.381 e. The van der Waals surface area contributed by atoms with Crippen LogP contribution in [0.1, 0.15) is 55.6 Å². The first-order valence-electron chi connectivity index (χ1n) is 9.54. The van der Waals surface area contributed by atoms with E-state index < -0.39 is 0 Å². The second-order valence-electron chi connectivity index (χ2n) is 7.41. The summed E-state index contributed by atoms with van der Waals surface area (Å²) in [5, 5.41) is 4.17. The van der Waals surface area contributed by atoms with Gasteiger partial charge in [-0.25, -0.2) is 0 Å². The molecule has 1 atom stereocenters. The molecule has 2 aromatic heterocycles. The van der Waals surface area contributed by atoms with E-state index >= 15 is 0 Å². The smallest absolute Gasteiger partial charge is 0.244 e. The first-order chi connectivity index (χ1) is 12.3. The molecule has 4 rings (SSSR count).